The van der Waals surface area contributed by atoms with Crippen LogP contribution in [0.3, 0.4) is 0 Å². The highest BCUT2D eigenvalue weighted by molar-refractivity contribution is 5.94. The van der Waals surface area contributed by atoms with Crippen molar-refractivity contribution in [3.05, 3.63) is 53.6 Å². The third-order valence-corrected chi connectivity index (χ3v) is 2.96. The number of hydrogen-bond acceptors (Lipinski definition) is 2. The van der Waals surface area contributed by atoms with E-state index in [9.17, 15) is 4.79 Å². The second kappa shape index (κ2) is 5.63. The van der Waals surface area contributed by atoms with Crippen molar-refractivity contribution < 1.29 is 4.79 Å². The fourth-order valence-corrected chi connectivity index (χ4v) is 2.03. The summed E-state index contributed by atoms with van der Waals surface area (Å²) in [5.74, 6) is 1.16. The number of nitrogens with zero attached hydrogens (tertiary/aromatic N) is 2. The number of rotatable bonds is 5. The van der Waals surface area contributed by atoms with Gasteiger partial charge in [0.2, 0.25) is 0 Å². The zero-order valence-corrected chi connectivity index (χ0v) is 10.9. The van der Waals surface area contributed by atoms with Gasteiger partial charge in [-0.15, -0.1) is 0 Å². The van der Waals surface area contributed by atoms with Gasteiger partial charge < -0.3 is 4.57 Å². The number of aryl methyl sites for hydroxylation is 1. The molecule has 0 N–H and O–H groups in total. The predicted molar refractivity (Wildman–Crippen MR) is 71.8 cm³/mol. The van der Waals surface area contributed by atoms with Crippen LogP contribution in [0.1, 0.15) is 42.0 Å². The quantitative estimate of drug-likeness (QED) is 0.755. The van der Waals surface area contributed by atoms with Crippen molar-refractivity contribution in [1.82, 2.24) is 9.55 Å². The lowest BCUT2D eigenvalue weighted by Gasteiger charge is -2.07. The first-order valence-electron chi connectivity index (χ1n) is 6.30. The topological polar surface area (TPSA) is 34.9 Å². The van der Waals surface area contributed by atoms with Crippen LogP contribution >= 0.6 is 0 Å². The highest BCUT2D eigenvalue weighted by Crippen LogP contribution is 2.11. The normalized spacial score (nSPS) is 10.6. The van der Waals surface area contributed by atoms with E-state index in [1.54, 1.807) is 6.92 Å². The molecule has 1 heterocycles. The molecule has 0 fully saturated rings. The fraction of sp³-hybridized carbons (Fsp3) is 0.333. The van der Waals surface area contributed by atoms with Crippen molar-refractivity contribution in [2.24, 2.45) is 0 Å². The van der Waals surface area contributed by atoms with Gasteiger partial charge in [0.1, 0.15) is 5.82 Å². The van der Waals surface area contributed by atoms with Gasteiger partial charge in [-0.05, 0) is 25.0 Å². The summed E-state index contributed by atoms with van der Waals surface area (Å²) < 4.78 is 2.17. The summed E-state index contributed by atoms with van der Waals surface area (Å²) in [5.41, 5.74) is 1.90. The van der Waals surface area contributed by atoms with E-state index in [1.165, 1.54) is 0 Å². The third-order valence-electron chi connectivity index (χ3n) is 2.96. The monoisotopic (exact) mass is 242 g/mol. The molecule has 94 valence electrons. The Kier molecular flexibility index (Phi) is 3.92. The van der Waals surface area contributed by atoms with Gasteiger partial charge in [0.15, 0.2) is 5.78 Å². The van der Waals surface area contributed by atoms with Gasteiger partial charge in [0.05, 0.1) is 0 Å². The average Bonchev–Trinajstić information content (AvgIpc) is 2.77. The highest BCUT2D eigenvalue weighted by Gasteiger charge is 2.05. The molecular formula is C15H18N2O. The summed E-state index contributed by atoms with van der Waals surface area (Å²) in [4.78, 5) is 15.7. The van der Waals surface area contributed by atoms with E-state index in [0.717, 1.165) is 36.3 Å². The van der Waals surface area contributed by atoms with Crippen LogP contribution in [0.15, 0.2) is 36.7 Å². The largest absolute Gasteiger partial charge is 0.335 e. The Hall–Kier alpha value is -1.90. The van der Waals surface area contributed by atoms with Crippen LogP contribution in [-0.2, 0) is 13.0 Å². The number of benzene rings is 1. The van der Waals surface area contributed by atoms with E-state index in [2.05, 4.69) is 16.5 Å². The zero-order chi connectivity index (χ0) is 13.0. The fourth-order valence-electron chi connectivity index (χ4n) is 2.03. The lowest BCUT2D eigenvalue weighted by molar-refractivity contribution is 0.101. The maximum atomic E-state index is 11.3. The molecule has 1 aromatic heterocycles. The molecular weight excluding hydrogens is 224 g/mol. The molecule has 3 heteroatoms. The van der Waals surface area contributed by atoms with Gasteiger partial charge in [-0.3, -0.25) is 4.79 Å². The van der Waals surface area contributed by atoms with Gasteiger partial charge in [0, 0.05) is 30.9 Å². The molecule has 0 bridgehead atoms. The highest BCUT2D eigenvalue weighted by atomic mass is 16.1. The molecule has 3 nitrogen and oxygen atoms in total. The number of carbonyl (C=O) groups is 1. The summed E-state index contributed by atoms with van der Waals surface area (Å²) in [6, 6.07) is 7.77. The van der Waals surface area contributed by atoms with E-state index in [4.69, 9.17) is 0 Å². The summed E-state index contributed by atoms with van der Waals surface area (Å²) in [5, 5.41) is 0. The number of ketones is 1. The second-order valence-electron chi connectivity index (χ2n) is 4.47. The van der Waals surface area contributed by atoms with Crippen LogP contribution in [0, 0.1) is 0 Å². The first kappa shape index (κ1) is 12.6. The number of Topliss-reactive ketones (excluding diaryl/α,β-unsaturated/α-hetero) is 1. The van der Waals surface area contributed by atoms with Crippen molar-refractivity contribution in [2.45, 2.75) is 33.2 Å². The van der Waals surface area contributed by atoms with Crippen LogP contribution in [0.4, 0.5) is 0 Å². The molecule has 2 rings (SSSR count). The Balaban J connectivity index is 2.20. The average molecular weight is 242 g/mol. The lowest BCUT2D eigenvalue weighted by Crippen LogP contribution is -2.04. The minimum absolute atomic E-state index is 0.105. The Bertz CT molecular complexity index is 543. The van der Waals surface area contributed by atoms with Gasteiger partial charge in [0.25, 0.3) is 0 Å². The Morgan fingerprint density at radius 1 is 1.39 bits per heavy atom. The van der Waals surface area contributed by atoms with E-state index in [0.29, 0.717) is 0 Å². The SMILES string of the molecule is CCCn1ccnc1Cc1cccc(C(C)=O)c1. The maximum absolute atomic E-state index is 11.3. The van der Waals surface area contributed by atoms with Gasteiger partial charge in [-0.1, -0.05) is 25.1 Å². The van der Waals surface area contributed by atoms with Crippen LogP contribution in [0.25, 0.3) is 0 Å². The molecule has 1 aromatic carbocycles. The first-order chi connectivity index (χ1) is 8.70. The molecule has 0 saturated carbocycles. The van der Waals surface area contributed by atoms with Crippen molar-refractivity contribution in [2.75, 3.05) is 0 Å². The molecule has 18 heavy (non-hydrogen) atoms. The summed E-state index contributed by atoms with van der Waals surface area (Å²) in [6.07, 6.45) is 5.71. The van der Waals surface area contributed by atoms with Crippen molar-refractivity contribution >= 4 is 5.78 Å². The molecule has 0 amide bonds. The Labute approximate surface area is 107 Å². The summed E-state index contributed by atoms with van der Waals surface area (Å²) in [6.45, 7) is 4.74. The Morgan fingerprint density at radius 3 is 2.94 bits per heavy atom. The standard InChI is InChI=1S/C15H18N2O/c1-3-8-17-9-7-16-15(17)11-13-5-4-6-14(10-13)12(2)18/h4-7,9-10H,3,8,11H2,1-2H3. The minimum Gasteiger partial charge on any atom is -0.335 e. The number of aromatic nitrogens is 2. The summed E-state index contributed by atoms with van der Waals surface area (Å²) in [7, 11) is 0. The molecule has 0 unspecified atom stereocenters. The van der Waals surface area contributed by atoms with E-state index in [-0.39, 0.29) is 5.78 Å². The predicted octanol–water partition coefficient (Wildman–Crippen LogP) is 3.09. The van der Waals surface area contributed by atoms with Crippen LogP contribution in [0.2, 0.25) is 0 Å². The van der Waals surface area contributed by atoms with Crippen LogP contribution in [0.5, 0.6) is 0 Å². The number of imidazole rings is 1. The van der Waals surface area contributed by atoms with Crippen LogP contribution in [-0.4, -0.2) is 15.3 Å². The molecule has 0 aliphatic carbocycles. The smallest absolute Gasteiger partial charge is 0.159 e. The zero-order valence-electron chi connectivity index (χ0n) is 10.9. The van der Waals surface area contributed by atoms with Crippen molar-refractivity contribution in [3.8, 4) is 0 Å². The maximum Gasteiger partial charge on any atom is 0.159 e. The van der Waals surface area contributed by atoms with Gasteiger partial charge >= 0.3 is 0 Å². The number of carbonyl (C=O) groups excluding carboxylic acids is 1. The Morgan fingerprint density at radius 2 is 2.22 bits per heavy atom. The summed E-state index contributed by atoms with van der Waals surface area (Å²) >= 11 is 0. The third kappa shape index (κ3) is 2.86. The second-order valence-corrected chi connectivity index (χ2v) is 4.47. The van der Waals surface area contributed by atoms with Crippen molar-refractivity contribution in [3.63, 3.8) is 0 Å². The van der Waals surface area contributed by atoms with E-state index in [1.807, 2.05) is 36.7 Å². The first-order valence-corrected chi connectivity index (χ1v) is 6.30. The molecule has 0 aliphatic rings. The molecule has 0 saturated heterocycles. The van der Waals surface area contributed by atoms with Crippen LogP contribution < -0.4 is 0 Å². The molecule has 2 aromatic rings. The molecule has 0 spiro atoms. The molecule has 0 atom stereocenters. The number of hydrogen-bond donors (Lipinski definition) is 0. The van der Waals surface area contributed by atoms with Gasteiger partial charge in [-0.2, -0.15) is 0 Å². The molecule has 0 aliphatic heterocycles. The van der Waals surface area contributed by atoms with Crippen molar-refractivity contribution in [1.29, 1.82) is 0 Å². The minimum atomic E-state index is 0.105. The molecule has 0 radical (unpaired) electrons. The lowest BCUT2D eigenvalue weighted by atomic mass is 10.1. The van der Waals surface area contributed by atoms with E-state index >= 15 is 0 Å². The van der Waals surface area contributed by atoms with Gasteiger partial charge in [-0.25, -0.2) is 4.98 Å². The van der Waals surface area contributed by atoms with E-state index < -0.39 is 0 Å².